The number of hydrogen-bond donors (Lipinski definition) is 2. The van der Waals surface area contributed by atoms with Gasteiger partial charge in [-0.3, -0.25) is 13.9 Å². The molecular formula is C26H28INO8S2. The van der Waals surface area contributed by atoms with Gasteiger partial charge in [-0.25, -0.2) is 0 Å². The van der Waals surface area contributed by atoms with Crippen LogP contribution in [0.1, 0.15) is 31.2 Å². The summed E-state index contributed by atoms with van der Waals surface area (Å²) in [6.07, 6.45) is 4.16. The van der Waals surface area contributed by atoms with E-state index in [-0.39, 0.29) is 16.7 Å². The number of hydrogen-bond acceptors (Lipinski definition) is 7. The molecule has 2 heterocycles. The summed E-state index contributed by atoms with van der Waals surface area (Å²) >= 11 is 2.31. The molecule has 2 N–H and O–H groups in total. The van der Waals surface area contributed by atoms with Crippen LogP contribution in [0.15, 0.2) is 70.5 Å². The number of benzene rings is 3. The van der Waals surface area contributed by atoms with E-state index in [4.69, 9.17) is 13.8 Å². The molecule has 204 valence electrons. The van der Waals surface area contributed by atoms with Crippen LogP contribution in [0.25, 0.3) is 10.8 Å². The molecule has 2 fully saturated rings. The predicted octanol–water partition coefficient (Wildman–Crippen LogP) is 4.29. The van der Waals surface area contributed by atoms with Crippen LogP contribution in [-0.4, -0.2) is 63.1 Å². The monoisotopic (exact) mass is 673 g/mol. The Hall–Kier alpha value is -2.10. The van der Waals surface area contributed by atoms with E-state index >= 15 is 0 Å². The number of carbonyl (C=O) groups excluding carboxylic acids is 1. The first kappa shape index (κ1) is 28.9. The van der Waals surface area contributed by atoms with Gasteiger partial charge in [0.2, 0.25) is 0 Å². The van der Waals surface area contributed by atoms with Crippen molar-refractivity contribution in [1.82, 2.24) is 4.90 Å². The van der Waals surface area contributed by atoms with Crippen LogP contribution in [0.2, 0.25) is 0 Å². The van der Waals surface area contributed by atoms with Gasteiger partial charge in [0.05, 0.1) is 12.5 Å². The molecule has 2 unspecified atom stereocenters. The Morgan fingerprint density at radius 2 is 1.37 bits per heavy atom. The van der Waals surface area contributed by atoms with Crippen LogP contribution in [0, 0.1) is 3.57 Å². The van der Waals surface area contributed by atoms with Gasteiger partial charge in [-0.05, 0) is 85.2 Å². The van der Waals surface area contributed by atoms with Crippen molar-refractivity contribution in [2.24, 2.45) is 0 Å². The van der Waals surface area contributed by atoms with Crippen molar-refractivity contribution < 1.29 is 35.5 Å². The zero-order valence-corrected chi connectivity index (χ0v) is 24.5. The third-order valence-corrected chi connectivity index (χ3v) is 10.00. The topological polar surface area (TPSA) is 138 Å². The van der Waals surface area contributed by atoms with Crippen molar-refractivity contribution in [1.29, 1.82) is 0 Å². The molecule has 0 amide bonds. The molecule has 38 heavy (non-hydrogen) atoms. The van der Waals surface area contributed by atoms with Crippen LogP contribution in [0.3, 0.4) is 0 Å². The zero-order chi connectivity index (χ0) is 27.9. The van der Waals surface area contributed by atoms with Crippen molar-refractivity contribution in [3.8, 4) is 0 Å². The molecule has 5 rings (SSSR count). The normalized spacial score (nSPS) is 23.5. The quantitative estimate of drug-likeness (QED) is 0.236. The number of ether oxygens (including phenoxy) is 1. The van der Waals surface area contributed by atoms with Crippen molar-refractivity contribution in [2.45, 2.75) is 53.0 Å². The lowest BCUT2D eigenvalue weighted by atomic mass is 9.70. The first-order valence-corrected chi connectivity index (χ1v) is 15.8. The number of esters is 1. The summed E-state index contributed by atoms with van der Waals surface area (Å²) in [5, 5.41) is 0.0465. The summed E-state index contributed by atoms with van der Waals surface area (Å²) in [5.74, 6) is -0.0653. The van der Waals surface area contributed by atoms with Crippen molar-refractivity contribution >= 4 is 59.6 Å². The van der Waals surface area contributed by atoms with E-state index in [0.29, 0.717) is 12.1 Å². The number of piperidine rings is 1. The lowest BCUT2D eigenvalue weighted by Crippen LogP contribution is -2.51. The van der Waals surface area contributed by atoms with E-state index in [0.717, 1.165) is 30.5 Å². The van der Waals surface area contributed by atoms with Gasteiger partial charge in [0.15, 0.2) is 0 Å². The van der Waals surface area contributed by atoms with E-state index in [1.54, 1.807) is 0 Å². The Morgan fingerprint density at radius 3 is 1.79 bits per heavy atom. The number of nitrogens with zero attached hydrogens (tertiary/aromatic N) is 1. The highest BCUT2D eigenvalue weighted by Gasteiger charge is 2.52. The fourth-order valence-electron chi connectivity index (χ4n) is 5.67. The summed E-state index contributed by atoms with van der Waals surface area (Å²) in [7, 11) is -5.23. The Balaban J connectivity index is 0.000000178. The molecule has 0 aromatic heterocycles. The van der Waals surface area contributed by atoms with E-state index in [2.05, 4.69) is 52.7 Å². The number of rotatable bonds is 4. The SMILES string of the molecule is COC(=O)C1(c2cccc(I)c2)CC2CCC(C1)N2C.O=S(=O)(O)c1cccc2c(S(=O)(=O)O)cccc12. The second-order valence-corrected chi connectivity index (χ2v) is 13.6. The lowest BCUT2D eigenvalue weighted by Gasteiger charge is -2.43. The molecule has 0 aliphatic carbocycles. The Morgan fingerprint density at radius 1 is 0.895 bits per heavy atom. The first-order valence-electron chi connectivity index (χ1n) is 11.8. The smallest absolute Gasteiger partial charge is 0.316 e. The predicted molar refractivity (Wildman–Crippen MR) is 150 cm³/mol. The van der Waals surface area contributed by atoms with Gasteiger partial charge in [0.25, 0.3) is 20.2 Å². The Labute approximate surface area is 235 Å². The van der Waals surface area contributed by atoms with E-state index in [1.807, 2.05) is 6.07 Å². The van der Waals surface area contributed by atoms with Crippen molar-refractivity contribution in [3.63, 3.8) is 0 Å². The van der Waals surface area contributed by atoms with Crippen LogP contribution in [0.4, 0.5) is 0 Å². The van der Waals surface area contributed by atoms with Gasteiger partial charge in [-0.1, -0.05) is 36.4 Å². The molecule has 0 saturated carbocycles. The number of methoxy groups -OCH3 is 1. The number of fused-ring (bicyclic) bond motifs is 3. The van der Waals surface area contributed by atoms with Crippen LogP contribution in [-0.2, 0) is 35.2 Å². The summed E-state index contributed by atoms with van der Waals surface area (Å²) in [4.78, 5) is 14.2. The van der Waals surface area contributed by atoms with Gasteiger partial charge in [0, 0.05) is 26.4 Å². The summed E-state index contributed by atoms with van der Waals surface area (Å²) in [5.41, 5.74) is 0.676. The number of halogens is 1. The largest absolute Gasteiger partial charge is 0.468 e. The summed E-state index contributed by atoms with van der Waals surface area (Å²) < 4.78 is 69.1. The summed E-state index contributed by atoms with van der Waals surface area (Å²) in [6.45, 7) is 0. The maximum Gasteiger partial charge on any atom is 0.316 e. The minimum atomic E-state index is -4.47. The standard InChI is InChI=1S/C16H20INO2.C10H8O6S2/c1-18-13-6-7-14(18)10-16(9-13,15(19)20-2)11-4-3-5-12(17)8-11;11-17(12,13)9-5-1-3-7-8(9)4-2-6-10(7)18(14,15)16/h3-5,8,13-14H,6-7,9-10H2,1-2H3;1-6H,(H,11,12,13)(H,14,15,16). The molecule has 2 saturated heterocycles. The second kappa shape index (κ2) is 10.8. The Kier molecular flexibility index (Phi) is 8.22. The second-order valence-electron chi connectivity index (χ2n) is 9.60. The Bertz CT molecular complexity index is 1500. The van der Waals surface area contributed by atoms with Crippen LogP contribution >= 0.6 is 22.6 Å². The highest BCUT2D eigenvalue weighted by molar-refractivity contribution is 14.1. The van der Waals surface area contributed by atoms with Gasteiger partial charge in [0.1, 0.15) is 9.79 Å². The van der Waals surface area contributed by atoms with Crippen LogP contribution in [0.5, 0.6) is 0 Å². The molecule has 2 bridgehead atoms. The van der Waals surface area contributed by atoms with E-state index in [1.165, 1.54) is 47.8 Å². The minimum Gasteiger partial charge on any atom is -0.468 e. The fraction of sp³-hybridized carbons (Fsp3) is 0.346. The van der Waals surface area contributed by atoms with Crippen LogP contribution < -0.4 is 0 Å². The highest BCUT2D eigenvalue weighted by Crippen LogP contribution is 2.47. The van der Waals surface area contributed by atoms with Crippen molar-refractivity contribution in [2.75, 3.05) is 14.2 Å². The van der Waals surface area contributed by atoms with E-state index in [9.17, 15) is 21.6 Å². The zero-order valence-electron chi connectivity index (χ0n) is 20.7. The van der Waals surface area contributed by atoms with Gasteiger partial charge in [-0.15, -0.1) is 0 Å². The molecule has 2 aliphatic rings. The highest BCUT2D eigenvalue weighted by atomic mass is 127. The minimum absolute atomic E-state index is 0.0233. The van der Waals surface area contributed by atoms with Gasteiger partial charge >= 0.3 is 5.97 Å². The molecule has 3 aromatic carbocycles. The molecule has 2 aliphatic heterocycles. The van der Waals surface area contributed by atoms with Crippen molar-refractivity contribution in [3.05, 3.63) is 69.8 Å². The molecule has 0 radical (unpaired) electrons. The maximum absolute atomic E-state index is 12.6. The molecule has 2 atom stereocenters. The number of carbonyl (C=O) groups is 1. The third-order valence-electron chi connectivity index (χ3n) is 7.50. The average Bonchev–Trinajstić information content (AvgIpc) is 3.07. The fourth-order valence-corrected chi connectivity index (χ4v) is 7.63. The average molecular weight is 674 g/mol. The van der Waals surface area contributed by atoms with Gasteiger partial charge in [-0.2, -0.15) is 16.8 Å². The van der Waals surface area contributed by atoms with Gasteiger partial charge < -0.3 is 9.64 Å². The molecule has 3 aromatic rings. The molecule has 12 heteroatoms. The third kappa shape index (κ3) is 5.61. The molecular weight excluding hydrogens is 645 g/mol. The molecule has 9 nitrogen and oxygen atoms in total. The molecule has 0 spiro atoms. The first-order chi connectivity index (χ1) is 17.8. The summed E-state index contributed by atoms with van der Waals surface area (Å²) in [6, 6.07) is 16.9. The maximum atomic E-state index is 12.6. The lowest BCUT2D eigenvalue weighted by molar-refractivity contribution is -0.150. The van der Waals surface area contributed by atoms with E-state index < -0.39 is 35.4 Å².